The first-order valence-electron chi connectivity index (χ1n) is 21.3. The molecule has 6 aliphatic rings. The molecule has 0 spiro atoms. The van der Waals surface area contributed by atoms with Gasteiger partial charge in [0.15, 0.2) is 0 Å². The van der Waals surface area contributed by atoms with Crippen LogP contribution in [0.5, 0.6) is 5.75 Å². The van der Waals surface area contributed by atoms with Crippen LogP contribution in [-0.2, 0) is 35.2 Å². The van der Waals surface area contributed by atoms with Gasteiger partial charge in [0, 0.05) is 31.7 Å². The van der Waals surface area contributed by atoms with Gasteiger partial charge in [0.1, 0.15) is 30.8 Å². The number of carbonyl (C=O) groups is 4. The van der Waals surface area contributed by atoms with E-state index in [2.05, 4.69) is 11.0 Å². The van der Waals surface area contributed by atoms with Gasteiger partial charge < -0.3 is 24.0 Å². The Morgan fingerprint density at radius 2 is 1.13 bits per heavy atom. The Morgan fingerprint density at radius 3 is 1.70 bits per heavy atom. The minimum absolute atomic E-state index is 0.0853. The standard InChI is InChI=1S/C28H33F3N2O4.C17H24F3NO3/c1-27(2,3)26(35)37-25-22-11-17-10-21(24(25)33(15-17)23(34)13-28(29,30)31)32(22)14-16-5-6-19-12-20(36-4)8-7-18(19)9-16;1-16(2,3)15(23)24-14-11-5-9-4-10(6-11)13(14)21(8-9)12(22)7-17(18,19)20/h5-9,12,17,21-22,24-25H,10-11,13-15H2,1-4H3;9-11,13-14H,4-8H2,1-3H3/t17?,21-,22+,24?,25+;9?,10-,11+,13?,14-/m10/s1. The van der Waals surface area contributed by atoms with Crippen molar-refractivity contribution in [3.05, 3.63) is 42.0 Å². The second-order valence-corrected chi connectivity index (χ2v) is 20.2. The molecule has 2 aromatic rings. The van der Waals surface area contributed by atoms with Crippen molar-refractivity contribution >= 4 is 34.5 Å². The van der Waals surface area contributed by atoms with Crippen LogP contribution in [0.25, 0.3) is 10.8 Å². The van der Waals surface area contributed by atoms with Crippen LogP contribution >= 0.6 is 0 Å². The molecular formula is C45H57F6N3O7. The maximum atomic E-state index is 13.2. The van der Waals surface area contributed by atoms with E-state index >= 15 is 0 Å². The Morgan fingerprint density at radius 1 is 0.623 bits per heavy atom. The number of hydrogen-bond acceptors (Lipinski definition) is 8. The second-order valence-electron chi connectivity index (χ2n) is 20.2. The van der Waals surface area contributed by atoms with Crippen LogP contribution in [0.4, 0.5) is 26.3 Å². The first kappa shape index (κ1) is 45.0. The van der Waals surface area contributed by atoms with Crippen LogP contribution < -0.4 is 4.74 Å². The lowest BCUT2D eigenvalue weighted by Gasteiger charge is -2.46. The summed E-state index contributed by atoms with van der Waals surface area (Å²) in [6.07, 6.45) is -9.14. The summed E-state index contributed by atoms with van der Waals surface area (Å²) in [6.45, 7) is 11.7. The number of carbonyl (C=O) groups excluding carboxylic acids is 4. The lowest BCUT2D eigenvalue weighted by Crippen LogP contribution is -2.58. The summed E-state index contributed by atoms with van der Waals surface area (Å²) in [5.41, 5.74) is -0.378. The molecule has 2 aliphatic carbocycles. The molecule has 4 saturated heterocycles. The minimum atomic E-state index is -4.59. The first-order valence-corrected chi connectivity index (χ1v) is 21.3. The number of alkyl halides is 6. The van der Waals surface area contributed by atoms with Gasteiger partial charge in [-0.05, 0) is 132 Å². The van der Waals surface area contributed by atoms with Gasteiger partial charge in [0.05, 0.1) is 30.0 Å². The van der Waals surface area contributed by atoms with Crippen LogP contribution in [0.1, 0.15) is 92.1 Å². The average molecular weight is 866 g/mol. The number of halogens is 6. The Labute approximate surface area is 352 Å². The average Bonchev–Trinajstić information content (AvgIpc) is 3.34. The lowest BCUT2D eigenvalue weighted by atomic mass is 9.78. The first-order chi connectivity index (χ1) is 28.3. The minimum Gasteiger partial charge on any atom is -0.497 e. The summed E-state index contributed by atoms with van der Waals surface area (Å²) >= 11 is 0. The summed E-state index contributed by atoms with van der Waals surface area (Å²) in [7, 11) is 1.63. The molecule has 4 heterocycles. The second kappa shape index (κ2) is 16.2. The monoisotopic (exact) mass is 865 g/mol. The summed E-state index contributed by atoms with van der Waals surface area (Å²) < 4.78 is 94.5. The molecule has 10 nitrogen and oxygen atoms in total. The highest BCUT2D eigenvalue weighted by atomic mass is 19.4. The Kier molecular flexibility index (Phi) is 12.0. The number of amides is 2. The molecule has 61 heavy (non-hydrogen) atoms. The third-order valence-corrected chi connectivity index (χ3v) is 13.4. The van der Waals surface area contributed by atoms with Gasteiger partial charge in [-0.25, -0.2) is 0 Å². The molecule has 16 heteroatoms. The molecule has 4 unspecified atom stereocenters. The van der Waals surface area contributed by atoms with E-state index in [4.69, 9.17) is 14.2 Å². The van der Waals surface area contributed by atoms with Gasteiger partial charge in [-0.15, -0.1) is 0 Å². The van der Waals surface area contributed by atoms with Crippen molar-refractivity contribution in [2.45, 2.75) is 142 Å². The maximum Gasteiger partial charge on any atom is 0.397 e. The van der Waals surface area contributed by atoms with Gasteiger partial charge in [0.2, 0.25) is 11.8 Å². The molecular weight excluding hydrogens is 808 g/mol. The van der Waals surface area contributed by atoms with Crippen molar-refractivity contribution in [1.29, 1.82) is 0 Å². The number of esters is 2. The van der Waals surface area contributed by atoms with E-state index in [0.717, 1.165) is 47.8 Å². The zero-order valence-electron chi connectivity index (χ0n) is 35.8. The van der Waals surface area contributed by atoms with Gasteiger partial charge in [0.25, 0.3) is 0 Å². The number of ether oxygens (including phenoxy) is 3. The fourth-order valence-electron chi connectivity index (χ4n) is 10.9. The third-order valence-electron chi connectivity index (χ3n) is 13.4. The number of likely N-dealkylation sites (tertiary alicyclic amines) is 2. The largest absolute Gasteiger partial charge is 0.497 e. The lowest BCUT2D eigenvalue weighted by molar-refractivity contribution is -0.173. The van der Waals surface area contributed by atoms with Crippen LogP contribution in [0, 0.1) is 34.5 Å². The third kappa shape index (κ3) is 9.63. The van der Waals surface area contributed by atoms with E-state index in [1.165, 1.54) is 9.80 Å². The van der Waals surface area contributed by atoms with Crippen molar-refractivity contribution in [2.24, 2.45) is 34.5 Å². The molecule has 6 bridgehead atoms. The smallest absolute Gasteiger partial charge is 0.397 e. The molecule has 8 rings (SSSR count). The number of methoxy groups -OCH3 is 1. The van der Waals surface area contributed by atoms with E-state index in [-0.39, 0.29) is 48.3 Å². The number of benzene rings is 2. The predicted molar refractivity (Wildman–Crippen MR) is 212 cm³/mol. The Balaban J connectivity index is 0.000000202. The van der Waals surface area contributed by atoms with Crippen molar-refractivity contribution in [3.8, 4) is 5.75 Å². The normalized spacial score (nSPS) is 30.6. The molecule has 0 aromatic heterocycles. The maximum absolute atomic E-state index is 13.2. The van der Waals surface area contributed by atoms with Gasteiger partial charge in [-0.2, -0.15) is 26.3 Å². The van der Waals surface area contributed by atoms with E-state index in [1.54, 1.807) is 48.7 Å². The SMILES string of the molecule is CC(C)(C)C(=O)O[C@@H]1C2[C@H]3CC(C[C@@H]1C3)CN2C(=O)CC(F)(F)F.COc1ccc2cc(CN3[C@@H]4CC5C[C@H]3[C@H](OC(=O)C(C)(C)C)C4N(C(=O)CC(F)(F)F)C5)ccc2c1. The summed E-state index contributed by atoms with van der Waals surface area (Å²) in [5, 5.41) is 2.10. The van der Waals surface area contributed by atoms with E-state index in [1.807, 2.05) is 30.3 Å². The number of rotatable bonds is 7. The zero-order chi connectivity index (χ0) is 44.6. The predicted octanol–water partition coefficient (Wildman–Crippen LogP) is 8.09. The van der Waals surface area contributed by atoms with Crippen LogP contribution in [0.3, 0.4) is 0 Å². The summed E-state index contributed by atoms with van der Waals surface area (Å²) in [5.74, 6) is -1.19. The van der Waals surface area contributed by atoms with Gasteiger partial charge >= 0.3 is 24.3 Å². The van der Waals surface area contributed by atoms with Gasteiger partial charge in [-0.3, -0.25) is 24.1 Å². The molecule has 2 amide bonds. The van der Waals surface area contributed by atoms with E-state index in [9.17, 15) is 45.5 Å². The van der Waals surface area contributed by atoms with Crippen molar-refractivity contribution in [2.75, 3.05) is 20.2 Å². The molecule has 2 saturated carbocycles. The highest BCUT2D eigenvalue weighted by molar-refractivity contribution is 5.84. The summed E-state index contributed by atoms with van der Waals surface area (Å²) in [6, 6.07) is 10.7. The fourth-order valence-corrected chi connectivity index (χ4v) is 10.9. The molecule has 0 radical (unpaired) electrons. The number of piperidine rings is 3. The molecule has 10 atom stereocenters. The molecule has 4 aliphatic heterocycles. The van der Waals surface area contributed by atoms with Crippen LogP contribution in [0.2, 0.25) is 0 Å². The molecule has 6 fully saturated rings. The van der Waals surface area contributed by atoms with E-state index < -0.39 is 78.1 Å². The number of nitrogens with zero attached hydrogens (tertiary/aromatic N) is 3. The van der Waals surface area contributed by atoms with E-state index in [0.29, 0.717) is 19.5 Å². The van der Waals surface area contributed by atoms with Crippen molar-refractivity contribution < 1.29 is 59.7 Å². The van der Waals surface area contributed by atoms with Crippen LogP contribution in [0.15, 0.2) is 36.4 Å². The summed E-state index contributed by atoms with van der Waals surface area (Å²) in [4.78, 5) is 55.2. The van der Waals surface area contributed by atoms with Crippen molar-refractivity contribution in [1.82, 2.24) is 14.7 Å². The molecule has 0 N–H and O–H groups in total. The quantitative estimate of drug-likeness (QED) is 0.203. The molecule has 336 valence electrons. The fraction of sp³-hybridized carbons (Fsp3) is 0.689. The zero-order valence-corrected chi connectivity index (χ0v) is 35.8. The topological polar surface area (TPSA) is 106 Å². The van der Waals surface area contributed by atoms with Gasteiger partial charge in [-0.1, -0.05) is 18.2 Å². The number of hydrogen-bond donors (Lipinski definition) is 0. The van der Waals surface area contributed by atoms with Crippen molar-refractivity contribution in [3.63, 3.8) is 0 Å². The van der Waals surface area contributed by atoms with Crippen LogP contribution in [-0.4, -0.2) is 107 Å². The number of fused-ring (bicyclic) bond motifs is 5. The highest BCUT2D eigenvalue weighted by Crippen LogP contribution is 2.53. The Bertz CT molecular complexity index is 2010. The molecule has 2 aromatic carbocycles. The highest BCUT2D eigenvalue weighted by Gasteiger charge is 2.62. The Hall–Kier alpha value is -4.08.